The maximum Gasteiger partial charge on any atom is 0.227 e. The van der Waals surface area contributed by atoms with Crippen LogP contribution in [0.1, 0.15) is 24.8 Å². The Morgan fingerprint density at radius 1 is 1.18 bits per heavy atom. The Morgan fingerprint density at radius 2 is 1.88 bits per heavy atom. The van der Waals surface area contributed by atoms with Crippen LogP contribution in [0.15, 0.2) is 18.2 Å². The van der Waals surface area contributed by atoms with Crippen LogP contribution in [0, 0.1) is 0 Å². The molecule has 1 amide bonds. The van der Waals surface area contributed by atoms with E-state index >= 15 is 0 Å². The molecule has 1 heterocycles. The Hall–Kier alpha value is -0.730. The quantitative estimate of drug-likeness (QED) is 0.806. The van der Waals surface area contributed by atoms with Gasteiger partial charge in [0.1, 0.15) is 0 Å². The molecule has 0 radical (unpaired) electrons. The maximum absolute atomic E-state index is 12.0. The van der Waals surface area contributed by atoms with Gasteiger partial charge in [0.2, 0.25) is 5.91 Å². The number of hydrogen-bond donors (Lipinski definition) is 0. The zero-order valence-corrected chi connectivity index (χ0v) is 11.1. The second-order valence-corrected chi connectivity index (χ2v) is 5.20. The predicted octanol–water partition coefficient (Wildman–Crippen LogP) is 3.55. The zero-order chi connectivity index (χ0) is 12.3. The molecule has 1 fully saturated rings. The van der Waals surface area contributed by atoms with E-state index in [2.05, 4.69) is 0 Å². The summed E-state index contributed by atoms with van der Waals surface area (Å²) in [5, 5.41) is 1.17. The fraction of sp³-hybridized carbons (Fsp3) is 0.462. The summed E-state index contributed by atoms with van der Waals surface area (Å²) in [6.45, 7) is 1.76. The number of rotatable bonds is 2. The van der Waals surface area contributed by atoms with E-state index in [1.165, 1.54) is 6.42 Å². The summed E-state index contributed by atoms with van der Waals surface area (Å²) in [7, 11) is 0. The molecule has 92 valence electrons. The van der Waals surface area contributed by atoms with Gasteiger partial charge in [-0.15, -0.1) is 0 Å². The molecule has 0 aromatic heterocycles. The summed E-state index contributed by atoms with van der Waals surface area (Å²) in [5.74, 6) is 0.161. The Bertz CT molecular complexity index is 414. The van der Waals surface area contributed by atoms with Crippen LogP contribution >= 0.6 is 23.2 Å². The van der Waals surface area contributed by atoms with Crippen molar-refractivity contribution in [1.82, 2.24) is 4.90 Å². The number of nitrogens with zero attached hydrogens (tertiary/aromatic N) is 1. The highest BCUT2D eigenvalue weighted by Gasteiger charge is 2.17. The van der Waals surface area contributed by atoms with E-state index in [0.717, 1.165) is 31.5 Å². The Balaban J connectivity index is 2.02. The molecule has 1 aromatic carbocycles. The first-order valence-corrected chi connectivity index (χ1v) is 6.64. The molecule has 0 unspecified atom stereocenters. The van der Waals surface area contributed by atoms with Gasteiger partial charge >= 0.3 is 0 Å². The summed E-state index contributed by atoms with van der Waals surface area (Å²) < 4.78 is 0. The van der Waals surface area contributed by atoms with E-state index in [-0.39, 0.29) is 5.91 Å². The molecule has 0 aliphatic carbocycles. The molecule has 1 aromatic rings. The second kappa shape index (κ2) is 5.74. The van der Waals surface area contributed by atoms with E-state index in [9.17, 15) is 4.79 Å². The summed E-state index contributed by atoms with van der Waals surface area (Å²) in [5.41, 5.74) is 0.853. The molecule has 0 bridgehead atoms. The molecule has 17 heavy (non-hydrogen) atoms. The van der Waals surface area contributed by atoms with Crippen molar-refractivity contribution in [2.45, 2.75) is 25.7 Å². The lowest BCUT2D eigenvalue weighted by molar-refractivity contribution is -0.131. The van der Waals surface area contributed by atoms with Gasteiger partial charge in [0.15, 0.2) is 0 Å². The van der Waals surface area contributed by atoms with Crippen molar-refractivity contribution in [3.05, 3.63) is 33.8 Å². The van der Waals surface area contributed by atoms with E-state index in [4.69, 9.17) is 23.2 Å². The van der Waals surface area contributed by atoms with Crippen molar-refractivity contribution in [3.8, 4) is 0 Å². The number of carbonyl (C=O) groups is 1. The number of hydrogen-bond acceptors (Lipinski definition) is 1. The first-order chi connectivity index (χ1) is 8.16. The Kier molecular flexibility index (Phi) is 4.30. The molecule has 0 saturated carbocycles. The largest absolute Gasteiger partial charge is 0.342 e. The number of halogens is 2. The second-order valence-electron chi connectivity index (χ2n) is 4.35. The van der Waals surface area contributed by atoms with Crippen molar-refractivity contribution in [3.63, 3.8) is 0 Å². The van der Waals surface area contributed by atoms with Crippen molar-refractivity contribution < 1.29 is 4.79 Å². The summed E-state index contributed by atoms with van der Waals surface area (Å²) in [6.07, 6.45) is 3.82. The van der Waals surface area contributed by atoms with Crippen molar-refractivity contribution in [2.75, 3.05) is 13.1 Å². The first-order valence-electron chi connectivity index (χ1n) is 5.88. The molecule has 2 rings (SSSR count). The Morgan fingerprint density at radius 3 is 2.53 bits per heavy atom. The molecule has 0 N–H and O–H groups in total. The lowest BCUT2D eigenvalue weighted by Crippen LogP contribution is -2.36. The van der Waals surface area contributed by atoms with Crippen molar-refractivity contribution >= 4 is 29.1 Å². The van der Waals surface area contributed by atoms with Gasteiger partial charge in [-0.2, -0.15) is 0 Å². The normalized spacial score (nSPS) is 16.0. The maximum atomic E-state index is 12.0. The van der Waals surface area contributed by atoms with Crippen LogP contribution in [0.4, 0.5) is 0 Å². The lowest BCUT2D eigenvalue weighted by Gasteiger charge is -2.26. The van der Waals surface area contributed by atoms with E-state index < -0.39 is 0 Å². The zero-order valence-electron chi connectivity index (χ0n) is 9.59. The molecule has 0 atom stereocenters. The van der Waals surface area contributed by atoms with Gasteiger partial charge in [-0.3, -0.25) is 4.79 Å². The molecule has 1 saturated heterocycles. The van der Waals surface area contributed by atoms with Gasteiger partial charge in [0, 0.05) is 23.1 Å². The highest BCUT2D eigenvalue weighted by molar-refractivity contribution is 6.35. The van der Waals surface area contributed by atoms with Gasteiger partial charge in [0.05, 0.1) is 6.42 Å². The SMILES string of the molecule is O=C(Cc1ccc(Cl)cc1Cl)N1CCCCC1. The van der Waals surface area contributed by atoms with Crippen LogP contribution < -0.4 is 0 Å². The van der Waals surface area contributed by atoms with E-state index in [1.807, 2.05) is 11.0 Å². The number of benzene rings is 1. The van der Waals surface area contributed by atoms with Gasteiger partial charge in [-0.05, 0) is 37.0 Å². The smallest absolute Gasteiger partial charge is 0.227 e. The molecule has 1 aliphatic rings. The molecule has 0 spiro atoms. The minimum atomic E-state index is 0.161. The molecule has 4 heteroatoms. The minimum Gasteiger partial charge on any atom is -0.342 e. The molecule has 1 aliphatic heterocycles. The summed E-state index contributed by atoms with van der Waals surface area (Å²) in [6, 6.07) is 5.28. The minimum absolute atomic E-state index is 0.161. The third-order valence-corrected chi connectivity index (χ3v) is 3.65. The highest BCUT2D eigenvalue weighted by atomic mass is 35.5. The van der Waals surface area contributed by atoms with Crippen LogP contribution in [0.5, 0.6) is 0 Å². The third kappa shape index (κ3) is 3.36. The first kappa shape index (κ1) is 12.7. The van der Waals surface area contributed by atoms with Gasteiger partial charge in [-0.25, -0.2) is 0 Å². The van der Waals surface area contributed by atoms with Crippen LogP contribution in [0.25, 0.3) is 0 Å². The average molecular weight is 272 g/mol. The number of piperidine rings is 1. The highest BCUT2D eigenvalue weighted by Crippen LogP contribution is 2.22. The predicted molar refractivity (Wildman–Crippen MR) is 70.6 cm³/mol. The fourth-order valence-corrected chi connectivity index (χ4v) is 2.56. The number of amides is 1. The average Bonchev–Trinajstić information content (AvgIpc) is 2.34. The van der Waals surface area contributed by atoms with Gasteiger partial charge in [-0.1, -0.05) is 29.3 Å². The van der Waals surface area contributed by atoms with Crippen LogP contribution in [0.2, 0.25) is 10.0 Å². The topological polar surface area (TPSA) is 20.3 Å². The monoisotopic (exact) mass is 271 g/mol. The van der Waals surface area contributed by atoms with Gasteiger partial charge < -0.3 is 4.90 Å². The third-order valence-electron chi connectivity index (χ3n) is 3.07. The van der Waals surface area contributed by atoms with E-state index in [1.54, 1.807) is 12.1 Å². The van der Waals surface area contributed by atoms with Crippen molar-refractivity contribution in [2.24, 2.45) is 0 Å². The molecular formula is C13H15Cl2NO. The van der Waals surface area contributed by atoms with Gasteiger partial charge in [0.25, 0.3) is 0 Å². The Labute approximate surface area is 112 Å². The molecule has 2 nitrogen and oxygen atoms in total. The summed E-state index contributed by atoms with van der Waals surface area (Å²) >= 11 is 11.9. The van der Waals surface area contributed by atoms with Crippen molar-refractivity contribution in [1.29, 1.82) is 0 Å². The van der Waals surface area contributed by atoms with Crippen LogP contribution in [0.3, 0.4) is 0 Å². The van der Waals surface area contributed by atoms with E-state index in [0.29, 0.717) is 16.5 Å². The molecular weight excluding hydrogens is 257 g/mol. The number of carbonyl (C=O) groups excluding carboxylic acids is 1. The van der Waals surface area contributed by atoms with Crippen LogP contribution in [-0.2, 0) is 11.2 Å². The van der Waals surface area contributed by atoms with Crippen LogP contribution in [-0.4, -0.2) is 23.9 Å². The lowest BCUT2D eigenvalue weighted by atomic mass is 10.1. The standard InChI is InChI=1S/C13H15Cl2NO/c14-11-5-4-10(12(15)9-11)8-13(17)16-6-2-1-3-7-16/h4-5,9H,1-3,6-8H2. The summed E-state index contributed by atoms with van der Waals surface area (Å²) in [4.78, 5) is 14.0. The number of likely N-dealkylation sites (tertiary alicyclic amines) is 1. The fourth-order valence-electron chi connectivity index (χ4n) is 2.08.